The largest absolute Gasteiger partial charge is 0.492 e. The van der Waals surface area contributed by atoms with Crippen LogP contribution in [0.1, 0.15) is 65.5 Å². The van der Waals surface area contributed by atoms with E-state index in [-0.39, 0.29) is 22.6 Å². The maximum absolute atomic E-state index is 13.5. The fourth-order valence-corrected chi connectivity index (χ4v) is 4.97. The molecule has 0 unspecified atom stereocenters. The third kappa shape index (κ3) is 6.36. The number of benzene rings is 2. The van der Waals surface area contributed by atoms with Crippen LogP contribution >= 0.6 is 0 Å². The Morgan fingerprint density at radius 2 is 1.78 bits per heavy atom. The second-order valence-electron chi connectivity index (χ2n) is 10.9. The topological polar surface area (TPSA) is 147 Å². The number of Topliss-reactive ketones (excluding diaryl/α,β-unsaturated/α-hetero) is 1. The zero-order chi connectivity index (χ0) is 30.3. The summed E-state index contributed by atoms with van der Waals surface area (Å²) in [7, 11) is -0.431. The molecule has 13 heteroatoms. The minimum absolute atomic E-state index is 0.138. The Morgan fingerprint density at radius 3 is 2.37 bits per heavy atom. The summed E-state index contributed by atoms with van der Waals surface area (Å²) in [6.45, 7) is 9.35. The molecule has 1 aliphatic rings. The molecule has 0 bridgehead atoms. The molecular weight excluding hydrogens is 546 g/mol. The van der Waals surface area contributed by atoms with Crippen LogP contribution in [0.5, 0.6) is 5.75 Å². The first-order chi connectivity index (χ1) is 19.1. The molecule has 1 aliphatic heterocycles. The normalized spacial score (nSPS) is 13.5. The Hall–Kier alpha value is -4.36. The first-order valence-corrected chi connectivity index (χ1v) is 14.7. The number of hydrogen-bond acceptors (Lipinski definition) is 9. The van der Waals surface area contributed by atoms with Crippen molar-refractivity contribution in [3.63, 3.8) is 0 Å². The van der Waals surface area contributed by atoms with Crippen molar-refractivity contribution in [1.82, 2.24) is 20.5 Å². The first-order valence-electron chi connectivity index (χ1n) is 12.8. The minimum Gasteiger partial charge on any atom is -0.492 e. The number of nitrogens with one attached hydrogen (secondary N) is 4. The lowest BCUT2D eigenvalue weighted by atomic mass is 9.86. The number of carbonyl (C=O) groups is 2. The number of ketones is 1. The number of rotatable bonds is 8. The number of hydrazine groups is 2. The van der Waals surface area contributed by atoms with Gasteiger partial charge in [-0.15, -0.1) is 5.53 Å². The van der Waals surface area contributed by atoms with E-state index < -0.39 is 15.9 Å². The van der Waals surface area contributed by atoms with Crippen LogP contribution in [0.4, 0.5) is 17.1 Å². The predicted molar refractivity (Wildman–Crippen MR) is 159 cm³/mol. The first kappa shape index (κ1) is 29.6. The van der Waals surface area contributed by atoms with E-state index in [1.54, 1.807) is 47.1 Å². The molecule has 0 aliphatic carbocycles. The van der Waals surface area contributed by atoms with Gasteiger partial charge in [-0.1, -0.05) is 26.8 Å². The summed E-state index contributed by atoms with van der Waals surface area (Å²) in [5.74, 6) is -0.00401. The molecule has 4 rings (SSSR count). The number of sulfonamides is 1. The van der Waals surface area contributed by atoms with Gasteiger partial charge in [-0.3, -0.25) is 24.7 Å². The van der Waals surface area contributed by atoms with E-state index in [2.05, 4.69) is 26.0 Å². The highest BCUT2D eigenvalue weighted by molar-refractivity contribution is 7.92. The number of nitrogens with zero attached hydrogens (tertiary/aromatic N) is 3. The number of aromatic nitrogens is 2. The van der Waals surface area contributed by atoms with Gasteiger partial charge in [0.25, 0.3) is 5.91 Å². The number of hydrogen-bond donors (Lipinski definition) is 4. The summed E-state index contributed by atoms with van der Waals surface area (Å²) in [4.78, 5) is 29.5. The lowest BCUT2D eigenvalue weighted by Gasteiger charge is -2.24. The van der Waals surface area contributed by atoms with Crippen molar-refractivity contribution in [2.45, 2.75) is 40.0 Å². The summed E-state index contributed by atoms with van der Waals surface area (Å²) in [6.07, 6.45) is 4.48. The summed E-state index contributed by atoms with van der Waals surface area (Å²) in [6, 6.07) is 8.76. The maximum atomic E-state index is 13.5. The van der Waals surface area contributed by atoms with Crippen LogP contribution in [0.3, 0.4) is 0 Å². The van der Waals surface area contributed by atoms with E-state index in [0.29, 0.717) is 34.2 Å². The summed E-state index contributed by atoms with van der Waals surface area (Å²) in [5, 5.41) is 4.63. The second kappa shape index (κ2) is 10.9. The van der Waals surface area contributed by atoms with Crippen molar-refractivity contribution in [3.8, 4) is 5.75 Å². The Kier molecular flexibility index (Phi) is 7.87. The van der Waals surface area contributed by atoms with Crippen molar-refractivity contribution in [3.05, 3.63) is 70.9 Å². The van der Waals surface area contributed by atoms with Gasteiger partial charge in [0.05, 0.1) is 54.2 Å². The Labute approximate surface area is 239 Å². The molecule has 12 nitrogen and oxygen atoms in total. The number of methoxy groups -OCH3 is 1. The van der Waals surface area contributed by atoms with Crippen LogP contribution in [0, 0.1) is 6.92 Å². The fourth-order valence-electron chi connectivity index (χ4n) is 4.42. The van der Waals surface area contributed by atoms with Gasteiger partial charge in [-0.25, -0.2) is 13.4 Å². The van der Waals surface area contributed by atoms with Crippen molar-refractivity contribution >= 4 is 44.5 Å². The molecule has 2 heterocycles. The van der Waals surface area contributed by atoms with Crippen molar-refractivity contribution in [1.29, 1.82) is 0 Å². The Balaban J connectivity index is 1.67. The zero-order valence-corrected chi connectivity index (χ0v) is 25.1. The molecule has 0 saturated carbocycles. The van der Waals surface area contributed by atoms with E-state index in [1.807, 2.05) is 40.0 Å². The number of imidazole rings is 1. The highest BCUT2D eigenvalue weighted by Crippen LogP contribution is 2.39. The third-order valence-electron chi connectivity index (χ3n) is 6.58. The number of carbonyl (C=O) groups excluding carboxylic acids is 2. The van der Waals surface area contributed by atoms with Gasteiger partial charge in [0.2, 0.25) is 10.0 Å². The summed E-state index contributed by atoms with van der Waals surface area (Å²) < 4.78 is 33.8. The molecule has 0 radical (unpaired) electrons. The van der Waals surface area contributed by atoms with E-state index in [1.165, 1.54) is 14.0 Å². The highest BCUT2D eigenvalue weighted by Gasteiger charge is 2.24. The average Bonchev–Trinajstić information content (AvgIpc) is 3.49. The van der Waals surface area contributed by atoms with Crippen molar-refractivity contribution in [2.24, 2.45) is 7.05 Å². The lowest BCUT2D eigenvalue weighted by molar-refractivity contribution is 0.0998. The molecule has 218 valence electrons. The van der Waals surface area contributed by atoms with E-state index >= 15 is 0 Å². The molecule has 0 saturated heterocycles. The fraction of sp³-hybridized carbons (Fsp3) is 0.321. The number of amides is 1. The molecule has 2 aromatic carbocycles. The van der Waals surface area contributed by atoms with Crippen LogP contribution in [0.15, 0.2) is 42.7 Å². The van der Waals surface area contributed by atoms with Crippen molar-refractivity contribution < 1.29 is 22.7 Å². The van der Waals surface area contributed by atoms with Gasteiger partial charge < -0.3 is 14.6 Å². The molecule has 0 fully saturated rings. The molecule has 3 aromatic rings. The maximum Gasteiger partial charge on any atom is 0.255 e. The monoisotopic (exact) mass is 581 g/mol. The summed E-state index contributed by atoms with van der Waals surface area (Å²) in [5.41, 5.74) is 10.6. The molecule has 1 amide bonds. The molecule has 1 aromatic heterocycles. The van der Waals surface area contributed by atoms with Gasteiger partial charge in [0.15, 0.2) is 17.4 Å². The van der Waals surface area contributed by atoms with Gasteiger partial charge in [0, 0.05) is 19.5 Å². The molecule has 4 N–H and O–H groups in total. The third-order valence-corrected chi connectivity index (χ3v) is 7.17. The van der Waals surface area contributed by atoms with E-state index in [9.17, 15) is 18.0 Å². The standard InChI is InChI=1S/C28H35N7O5S/c1-16-9-10-18(11-23(16)35-15-22(31-33-35)24-14-29-26(17(2)36)34(24)6)27(37)30-20-12-19(28(3,4)5)13-21(25(20)40-7)32-41(8,38)39/h9-15,31-33H,1-8H3,(H,30,37). The van der Waals surface area contributed by atoms with Gasteiger partial charge in [-0.05, 0) is 47.7 Å². The quantitative estimate of drug-likeness (QED) is 0.293. The van der Waals surface area contributed by atoms with E-state index in [0.717, 1.165) is 17.4 Å². The summed E-state index contributed by atoms with van der Waals surface area (Å²) >= 11 is 0. The molecule has 0 atom stereocenters. The predicted octanol–water partition coefficient (Wildman–Crippen LogP) is 3.69. The van der Waals surface area contributed by atoms with E-state index in [4.69, 9.17) is 4.74 Å². The van der Waals surface area contributed by atoms with Gasteiger partial charge in [-0.2, -0.15) is 0 Å². The molecule has 0 spiro atoms. The molecular formula is C28H35N7O5S. The average molecular weight is 582 g/mol. The van der Waals surface area contributed by atoms with Crippen LogP contribution in [-0.2, 0) is 22.5 Å². The van der Waals surface area contributed by atoms with Gasteiger partial charge in [0.1, 0.15) is 0 Å². The highest BCUT2D eigenvalue weighted by atomic mass is 32.2. The number of anilines is 3. The molecule has 41 heavy (non-hydrogen) atoms. The van der Waals surface area contributed by atoms with Crippen LogP contribution in [-0.4, -0.2) is 43.0 Å². The second-order valence-corrected chi connectivity index (χ2v) is 12.7. The zero-order valence-electron chi connectivity index (χ0n) is 24.3. The van der Waals surface area contributed by atoms with Crippen LogP contribution in [0.2, 0.25) is 0 Å². The lowest BCUT2D eigenvalue weighted by Crippen LogP contribution is -2.36. The van der Waals surface area contributed by atoms with Crippen molar-refractivity contribution in [2.75, 3.05) is 28.4 Å². The Morgan fingerprint density at radius 1 is 1.10 bits per heavy atom. The number of ether oxygens (including phenoxy) is 1. The van der Waals surface area contributed by atoms with Gasteiger partial charge >= 0.3 is 0 Å². The van der Waals surface area contributed by atoms with Crippen LogP contribution < -0.4 is 30.7 Å². The minimum atomic E-state index is -3.61. The van der Waals surface area contributed by atoms with Crippen LogP contribution in [0.25, 0.3) is 5.70 Å². The Bertz CT molecular complexity index is 1670. The smallest absolute Gasteiger partial charge is 0.255 e. The number of aryl methyl sites for hydroxylation is 1. The SMILES string of the molecule is COc1c(NC(=O)c2ccc(C)c(N3C=C(c4cnc(C(C)=O)n4C)NN3)c2)cc(C(C)(C)C)cc1NS(C)(=O)=O.